The molecule has 0 radical (unpaired) electrons. The number of rotatable bonds is 3. The zero-order valence-electron chi connectivity index (χ0n) is 17.4. The molecule has 0 bridgehead atoms. The second kappa shape index (κ2) is 7.64. The summed E-state index contributed by atoms with van der Waals surface area (Å²) in [5.41, 5.74) is 2.97. The predicted octanol–water partition coefficient (Wildman–Crippen LogP) is 4.93. The fourth-order valence-corrected chi connectivity index (χ4v) is 4.27. The summed E-state index contributed by atoms with van der Waals surface area (Å²) in [5, 5.41) is 8.33. The molecule has 2 aliphatic rings. The lowest BCUT2D eigenvalue weighted by molar-refractivity contribution is 0.0923. The van der Waals surface area contributed by atoms with Gasteiger partial charge in [-0.15, -0.1) is 5.10 Å². The Labute approximate surface area is 198 Å². The molecule has 0 fully saturated rings. The van der Waals surface area contributed by atoms with Crippen molar-refractivity contribution in [2.75, 3.05) is 10.2 Å². The summed E-state index contributed by atoms with van der Waals surface area (Å²) >= 11 is 6.04. The molecule has 0 saturated carbocycles. The first-order chi connectivity index (χ1) is 16.5. The standard InChI is InChI=1S/C25H15ClFN5O2/c26-16-9-5-14(6-10-16)20-13-21(15-7-11-17(27)12-8-15)32-24(28-20)29-25(30-32)31-22(33)18-3-1-2-4-19(18)23(31)34/h1-13,21H,(H,28,29,30)/t21-/m0/s1. The molecular formula is C25H15ClFN5O2. The van der Waals surface area contributed by atoms with E-state index in [1.165, 1.54) is 12.1 Å². The maximum absolute atomic E-state index is 13.6. The van der Waals surface area contributed by atoms with E-state index in [2.05, 4.69) is 15.4 Å². The molecule has 0 saturated heterocycles. The summed E-state index contributed by atoms with van der Waals surface area (Å²) in [6, 6.07) is 19.5. The summed E-state index contributed by atoms with van der Waals surface area (Å²) in [6.45, 7) is 0. The first kappa shape index (κ1) is 20.3. The highest BCUT2D eigenvalue weighted by Crippen LogP contribution is 2.35. The highest BCUT2D eigenvalue weighted by Gasteiger charge is 2.40. The van der Waals surface area contributed by atoms with Gasteiger partial charge in [-0.3, -0.25) is 9.59 Å². The normalized spacial score (nSPS) is 16.7. The van der Waals surface area contributed by atoms with Crippen LogP contribution in [0.15, 0.2) is 78.9 Å². The monoisotopic (exact) mass is 471 g/mol. The smallest absolute Gasteiger partial charge is 0.268 e. The molecule has 4 aromatic rings. The number of aromatic nitrogens is 3. The van der Waals surface area contributed by atoms with Gasteiger partial charge in [-0.05, 0) is 53.6 Å². The van der Waals surface area contributed by atoms with Crippen molar-refractivity contribution in [1.82, 2.24) is 14.8 Å². The number of nitrogens with zero attached hydrogens (tertiary/aromatic N) is 4. The summed E-state index contributed by atoms with van der Waals surface area (Å²) in [5.74, 6) is -1.01. The van der Waals surface area contributed by atoms with E-state index in [-0.39, 0.29) is 11.8 Å². The Morgan fingerprint density at radius 2 is 1.53 bits per heavy atom. The number of nitrogens with one attached hydrogen (secondary N) is 1. The minimum Gasteiger partial charge on any atom is -0.324 e. The van der Waals surface area contributed by atoms with E-state index in [1.54, 1.807) is 53.2 Å². The van der Waals surface area contributed by atoms with Crippen LogP contribution < -0.4 is 10.2 Å². The zero-order chi connectivity index (χ0) is 23.4. The third kappa shape index (κ3) is 3.19. The lowest BCUT2D eigenvalue weighted by atomic mass is 10.0. The van der Waals surface area contributed by atoms with E-state index in [0.717, 1.165) is 21.7 Å². The third-order valence-electron chi connectivity index (χ3n) is 5.82. The Bertz CT molecular complexity index is 1460. The van der Waals surface area contributed by atoms with Crippen LogP contribution in [0.5, 0.6) is 0 Å². The molecule has 0 aliphatic carbocycles. The van der Waals surface area contributed by atoms with E-state index < -0.39 is 17.9 Å². The van der Waals surface area contributed by atoms with Crippen LogP contribution in [-0.2, 0) is 0 Å². The molecule has 6 rings (SSSR count). The molecule has 166 valence electrons. The number of halogens is 2. The van der Waals surface area contributed by atoms with Crippen LogP contribution >= 0.6 is 11.6 Å². The molecule has 9 heteroatoms. The van der Waals surface area contributed by atoms with Crippen molar-refractivity contribution in [3.8, 4) is 0 Å². The van der Waals surface area contributed by atoms with Gasteiger partial charge in [0.05, 0.1) is 11.1 Å². The molecular weight excluding hydrogens is 457 g/mol. The molecule has 2 aliphatic heterocycles. The molecule has 0 unspecified atom stereocenters. The van der Waals surface area contributed by atoms with Gasteiger partial charge in [0.1, 0.15) is 11.9 Å². The van der Waals surface area contributed by atoms with Gasteiger partial charge in [0.15, 0.2) is 0 Å². The lowest BCUT2D eigenvalue weighted by Crippen LogP contribution is -2.30. The molecule has 0 spiro atoms. The zero-order valence-corrected chi connectivity index (χ0v) is 18.2. The van der Waals surface area contributed by atoms with Crippen molar-refractivity contribution < 1.29 is 14.0 Å². The maximum Gasteiger partial charge on any atom is 0.268 e. The van der Waals surface area contributed by atoms with Gasteiger partial charge in [-0.25, -0.2) is 14.0 Å². The van der Waals surface area contributed by atoms with E-state index >= 15 is 0 Å². The third-order valence-corrected chi connectivity index (χ3v) is 6.07. The molecule has 2 amide bonds. The van der Waals surface area contributed by atoms with Crippen molar-refractivity contribution >= 4 is 41.0 Å². The Balaban J connectivity index is 1.45. The lowest BCUT2D eigenvalue weighted by Gasteiger charge is -2.24. The molecule has 34 heavy (non-hydrogen) atoms. The van der Waals surface area contributed by atoms with E-state index in [1.807, 2.05) is 18.2 Å². The average molecular weight is 472 g/mol. The second-order valence-electron chi connectivity index (χ2n) is 7.88. The first-order valence-corrected chi connectivity index (χ1v) is 10.8. The van der Waals surface area contributed by atoms with Crippen LogP contribution in [-0.4, -0.2) is 26.6 Å². The molecule has 3 heterocycles. The minimum absolute atomic E-state index is 0.0356. The maximum atomic E-state index is 13.6. The topological polar surface area (TPSA) is 80.1 Å². The fourth-order valence-electron chi connectivity index (χ4n) is 4.14. The minimum atomic E-state index is -0.479. The number of amides is 2. The van der Waals surface area contributed by atoms with Crippen molar-refractivity contribution in [1.29, 1.82) is 0 Å². The Morgan fingerprint density at radius 1 is 0.882 bits per heavy atom. The quantitative estimate of drug-likeness (QED) is 0.429. The summed E-state index contributed by atoms with van der Waals surface area (Å²) in [4.78, 5) is 31.4. The second-order valence-corrected chi connectivity index (χ2v) is 8.32. The average Bonchev–Trinajstić information content (AvgIpc) is 3.38. The molecule has 3 aromatic carbocycles. The molecule has 7 nitrogen and oxygen atoms in total. The van der Waals surface area contributed by atoms with Crippen LogP contribution in [0.1, 0.15) is 37.9 Å². The van der Waals surface area contributed by atoms with Gasteiger partial charge in [0, 0.05) is 10.7 Å². The Kier molecular flexibility index (Phi) is 4.56. The van der Waals surface area contributed by atoms with Gasteiger partial charge < -0.3 is 5.32 Å². The van der Waals surface area contributed by atoms with E-state index in [4.69, 9.17) is 11.6 Å². The molecule has 1 N–H and O–H groups in total. The van der Waals surface area contributed by atoms with Gasteiger partial charge in [-0.2, -0.15) is 4.98 Å². The van der Waals surface area contributed by atoms with Gasteiger partial charge in [0.25, 0.3) is 17.8 Å². The van der Waals surface area contributed by atoms with Crippen molar-refractivity contribution in [3.05, 3.63) is 112 Å². The first-order valence-electron chi connectivity index (χ1n) is 10.4. The highest BCUT2D eigenvalue weighted by atomic mass is 35.5. The Morgan fingerprint density at radius 3 is 2.18 bits per heavy atom. The van der Waals surface area contributed by atoms with Crippen molar-refractivity contribution in [2.45, 2.75) is 6.04 Å². The van der Waals surface area contributed by atoms with Crippen molar-refractivity contribution in [2.24, 2.45) is 0 Å². The van der Waals surface area contributed by atoms with Crippen LogP contribution in [0.3, 0.4) is 0 Å². The summed E-state index contributed by atoms with van der Waals surface area (Å²) < 4.78 is 15.2. The molecule has 1 aromatic heterocycles. The largest absolute Gasteiger partial charge is 0.324 e. The van der Waals surface area contributed by atoms with Crippen LogP contribution in [0.4, 0.5) is 16.3 Å². The van der Waals surface area contributed by atoms with E-state index in [9.17, 15) is 14.0 Å². The highest BCUT2D eigenvalue weighted by molar-refractivity contribution is 6.33. The molecule has 1 atom stereocenters. The number of carbonyl (C=O) groups excluding carboxylic acids is 2. The van der Waals surface area contributed by atoms with Crippen LogP contribution in [0, 0.1) is 5.82 Å². The van der Waals surface area contributed by atoms with Crippen LogP contribution in [0.25, 0.3) is 5.70 Å². The number of hydrogen-bond acceptors (Lipinski definition) is 5. The number of allylic oxidation sites excluding steroid dienone is 1. The summed E-state index contributed by atoms with van der Waals surface area (Å²) in [6.07, 6.45) is 1.92. The van der Waals surface area contributed by atoms with Gasteiger partial charge in [0.2, 0.25) is 5.95 Å². The summed E-state index contributed by atoms with van der Waals surface area (Å²) in [7, 11) is 0. The van der Waals surface area contributed by atoms with Crippen LogP contribution in [0.2, 0.25) is 5.02 Å². The van der Waals surface area contributed by atoms with Gasteiger partial charge >= 0.3 is 0 Å². The SMILES string of the molecule is O=C1c2ccccc2C(=O)N1c1nc2n(n1)[C@H](c1ccc(F)cc1)C=C(c1ccc(Cl)cc1)N2. The van der Waals surface area contributed by atoms with E-state index in [0.29, 0.717) is 22.1 Å². The Hall–Kier alpha value is -4.30. The number of hydrogen-bond donors (Lipinski definition) is 1. The predicted molar refractivity (Wildman–Crippen MR) is 125 cm³/mol. The number of imide groups is 1. The number of anilines is 2. The van der Waals surface area contributed by atoms with Gasteiger partial charge in [-0.1, -0.05) is 48.0 Å². The number of benzene rings is 3. The van der Waals surface area contributed by atoms with Crippen molar-refractivity contribution in [3.63, 3.8) is 0 Å². The fraction of sp³-hybridized carbons (Fsp3) is 0.0400. The number of fused-ring (bicyclic) bond motifs is 2. The number of carbonyl (C=O) groups is 2.